The molecule has 0 saturated heterocycles. The van der Waals surface area contributed by atoms with Gasteiger partial charge in [-0.15, -0.1) is 0 Å². The van der Waals surface area contributed by atoms with Crippen molar-refractivity contribution in [2.45, 2.75) is 30.8 Å². The van der Waals surface area contributed by atoms with E-state index in [1.54, 1.807) is 4.72 Å². The molecule has 5 nitrogen and oxygen atoms in total. The Bertz CT molecular complexity index is 593. The molecule has 0 spiro atoms. The monoisotopic (exact) mass is 333 g/mol. The van der Waals surface area contributed by atoms with Crippen LogP contribution in [0.4, 0.5) is 18.0 Å². The summed E-state index contributed by atoms with van der Waals surface area (Å²) in [5, 5.41) is 0. The average molecular weight is 333 g/mol. The van der Waals surface area contributed by atoms with Crippen LogP contribution in [-0.2, 0) is 20.9 Å². The number of rotatable bonds is 5. The van der Waals surface area contributed by atoms with Crippen LogP contribution in [0.15, 0.2) is 29.2 Å². The third kappa shape index (κ3) is 6.30. The Morgan fingerprint density at radius 3 is 2.27 bits per heavy atom. The second kappa shape index (κ2) is 8.46. The second-order valence-electron chi connectivity index (χ2n) is 4.12. The van der Waals surface area contributed by atoms with Crippen molar-refractivity contribution < 1.29 is 51.4 Å². The summed E-state index contributed by atoms with van der Waals surface area (Å²) < 4.78 is 66.8. The van der Waals surface area contributed by atoms with E-state index in [0.717, 1.165) is 18.6 Å². The number of benzene rings is 1. The van der Waals surface area contributed by atoms with E-state index >= 15 is 0 Å². The largest absolute Gasteiger partial charge is 1.00 e. The van der Waals surface area contributed by atoms with Crippen LogP contribution in [0.1, 0.15) is 26.8 Å². The van der Waals surface area contributed by atoms with Crippen molar-refractivity contribution in [3.63, 3.8) is 0 Å². The number of hydrogen-bond acceptors (Lipinski definition) is 4. The molecule has 0 unspecified atom stereocenters. The molecule has 1 amide bonds. The fourth-order valence-electron chi connectivity index (χ4n) is 1.33. The average Bonchev–Trinajstić information content (AvgIpc) is 2.37. The van der Waals surface area contributed by atoms with Gasteiger partial charge in [0, 0.05) is 0 Å². The quantitative estimate of drug-likeness (QED) is 0.610. The SMILES string of the molecule is CCCCOC(=O)NS(=O)(=O)c1ccc(C(F)(F)F)cc1.[H-].[Li+]. The first-order chi connectivity index (χ1) is 9.66. The van der Waals surface area contributed by atoms with E-state index < -0.39 is 32.8 Å². The van der Waals surface area contributed by atoms with Crippen molar-refractivity contribution in [2.75, 3.05) is 6.61 Å². The van der Waals surface area contributed by atoms with Crippen molar-refractivity contribution >= 4 is 16.1 Å². The zero-order valence-electron chi connectivity index (χ0n) is 13.1. The first-order valence-corrected chi connectivity index (χ1v) is 7.52. The standard InChI is InChI=1S/C12H14F3NO4S.Li.H/c1-2-3-8-20-11(17)16-21(18,19)10-6-4-9(5-7-10)12(13,14)15;;/h4-7H,2-3,8H2,1H3,(H,16,17);;/q;+1;-1. The topological polar surface area (TPSA) is 72.5 Å². The summed E-state index contributed by atoms with van der Waals surface area (Å²) in [6.07, 6.45) is -4.38. The van der Waals surface area contributed by atoms with Gasteiger partial charge in [-0.05, 0) is 30.7 Å². The molecule has 0 saturated carbocycles. The summed E-state index contributed by atoms with van der Waals surface area (Å²) in [5.41, 5.74) is -0.980. The summed E-state index contributed by atoms with van der Waals surface area (Å²) in [4.78, 5) is 10.8. The number of carbonyl (C=O) groups excluding carboxylic acids is 1. The fourth-order valence-corrected chi connectivity index (χ4v) is 2.22. The van der Waals surface area contributed by atoms with Gasteiger partial charge in [-0.25, -0.2) is 17.9 Å². The Morgan fingerprint density at radius 1 is 1.27 bits per heavy atom. The van der Waals surface area contributed by atoms with Gasteiger partial charge >= 0.3 is 31.1 Å². The van der Waals surface area contributed by atoms with Crippen LogP contribution in [0.5, 0.6) is 0 Å². The number of carbonyl (C=O) groups is 1. The molecule has 1 N–H and O–H groups in total. The van der Waals surface area contributed by atoms with Crippen molar-refractivity contribution in [1.29, 1.82) is 0 Å². The van der Waals surface area contributed by atoms with Crippen molar-refractivity contribution in [3.05, 3.63) is 29.8 Å². The van der Waals surface area contributed by atoms with Gasteiger partial charge in [0.05, 0.1) is 17.1 Å². The van der Waals surface area contributed by atoms with Gasteiger partial charge in [0.1, 0.15) is 0 Å². The summed E-state index contributed by atoms with van der Waals surface area (Å²) >= 11 is 0. The molecule has 1 aromatic carbocycles. The maximum atomic E-state index is 12.4. The van der Waals surface area contributed by atoms with Gasteiger partial charge in [-0.2, -0.15) is 13.2 Å². The van der Waals surface area contributed by atoms with Crippen LogP contribution >= 0.6 is 0 Å². The molecular weight excluding hydrogens is 318 g/mol. The smallest absolute Gasteiger partial charge is 1.00 e. The van der Waals surface area contributed by atoms with Crippen LogP contribution in [-0.4, -0.2) is 21.1 Å². The molecular formula is C12H15F3LiNO4S. The molecule has 0 heterocycles. The van der Waals surface area contributed by atoms with Crippen LogP contribution in [0.2, 0.25) is 0 Å². The summed E-state index contributed by atoms with van der Waals surface area (Å²) in [7, 11) is -4.25. The van der Waals surface area contributed by atoms with E-state index in [0.29, 0.717) is 18.6 Å². The van der Waals surface area contributed by atoms with E-state index in [9.17, 15) is 26.4 Å². The first-order valence-electron chi connectivity index (χ1n) is 6.03. The zero-order chi connectivity index (χ0) is 16.1. The van der Waals surface area contributed by atoms with Crippen LogP contribution in [0, 0.1) is 0 Å². The minimum Gasteiger partial charge on any atom is -1.00 e. The number of ether oxygens (including phenoxy) is 1. The van der Waals surface area contributed by atoms with Gasteiger partial charge in [0.25, 0.3) is 10.0 Å². The molecule has 1 rings (SSSR count). The Kier molecular flexibility index (Phi) is 8.01. The molecule has 0 aromatic heterocycles. The van der Waals surface area contributed by atoms with E-state index in [1.807, 2.05) is 6.92 Å². The molecule has 0 aliphatic carbocycles. The van der Waals surface area contributed by atoms with E-state index in [4.69, 9.17) is 0 Å². The molecule has 0 atom stereocenters. The maximum Gasteiger partial charge on any atom is 1.00 e. The van der Waals surface area contributed by atoms with E-state index in [2.05, 4.69) is 4.74 Å². The Morgan fingerprint density at radius 2 is 1.82 bits per heavy atom. The van der Waals surface area contributed by atoms with Crippen molar-refractivity contribution in [2.24, 2.45) is 0 Å². The number of halogens is 3. The van der Waals surface area contributed by atoms with Gasteiger partial charge < -0.3 is 6.16 Å². The third-order valence-electron chi connectivity index (χ3n) is 2.44. The van der Waals surface area contributed by atoms with Gasteiger partial charge in [0.15, 0.2) is 0 Å². The minimum atomic E-state index is -4.56. The molecule has 22 heavy (non-hydrogen) atoms. The molecule has 0 fully saturated rings. The molecule has 0 radical (unpaired) electrons. The maximum absolute atomic E-state index is 12.4. The molecule has 1 aromatic rings. The summed E-state index contributed by atoms with van der Waals surface area (Å²) in [5.74, 6) is 0. The van der Waals surface area contributed by atoms with Crippen LogP contribution in [0.3, 0.4) is 0 Å². The normalized spacial score (nSPS) is 11.5. The Hall–Kier alpha value is -1.17. The van der Waals surface area contributed by atoms with E-state index in [1.165, 1.54) is 0 Å². The number of nitrogens with one attached hydrogen (secondary N) is 1. The van der Waals surface area contributed by atoms with Crippen LogP contribution in [0.25, 0.3) is 0 Å². The van der Waals surface area contributed by atoms with Gasteiger partial charge in [-0.1, -0.05) is 13.3 Å². The summed E-state index contributed by atoms with van der Waals surface area (Å²) in [6, 6.07) is 2.78. The van der Waals surface area contributed by atoms with Crippen molar-refractivity contribution in [1.82, 2.24) is 4.72 Å². The number of unbranched alkanes of at least 4 members (excludes halogenated alkanes) is 1. The predicted octanol–water partition coefficient (Wildman–Crippen LogP) is 0.0369. The summed E-state index contributed by atoms with van der Waals surface area (Å²) in [6.45, 7) is 1.92. The predicted molar refractivity (Wildman–Crippen MR) is 69.1 cm³/mol. The Balaban J connectivity index is 0. The Labute approximate surface area is 139 Å². The van der Waals surface area contributed by atoms with Crippen molar-refractivity contribution in [3.8, 4) is 0 Å². The van der Waals surface area contributed by atoms with E-state index in [-0.39, 0.29) is 26.9 Å². The number of sulfonamides is 1. The van der Waals surface area contributed by atoms with Gasteiger partial charge in [0.2, 0.25) is 0 Å². The third-order valence-corrected chi connectivity index (χ3v) is 3.77. The fraction of sp³-hybridized carbons (Fsp3) is 0.417. The number of hydrogen-bond donors (Lipinski definition) is 1. The minimum absolute atomic E-state index is 0. The zero-order valence-corrected chi connectivity index (χ0v) is 12.9. The first kappa shape index (κ1) is 20.8. The molecule has 0 bridgehead atoms. The molecule has 0 aliphatic heterocycles. The molecule has 120 valence electrons. The van der Waals surface area contributed by atoms with Crippen LogP contribution < -0.4 is 23.6 Å². The second-order valence-corrected chi connectivity index (χ2v) is 5.80. The van der Waals surface area contributed by atoms with Gasteiger partial charge in [-0.3, -0.25) is 0 Å². The number of amides is 1. The molecule has 10 heteroatoms. The number of alkyl halides is 3. The molecule has 0 aliphatic rings.